The molecule has 1 aromatic carbocycles. The summed E-state index contributed by atoms with van der Waals surface area (Å²) in [6, 6.07) is 3.25. The van der Waals surface area contributed by atoms with Gasteiger partial charge in [-0.05, 0) is 55.2 Å². The van der Waals surface area contributed by atoms with Crippen molar-refractivity contribution in [2.75, 3.05) is 0 Å². The summed E-state index contributed by atoms with van der Waals surface area (Å²) in [6.07, 6.45) is 2.44. The predicted molar refractivity (Wildman–Crippen MR) is 148 cm³/mol. The predicted octanol–water partition coefficient (Wildman–Crippen LogP) is 5.62. The van der Waals surface area contributed by atoms with Gasteiger partial charge in [-0.15, -0.1) is 0 Å². The molecule has 1 aromatic rings. The highest BCUT2D eigenvalue weighted by atomic mass is 16.6. The molecule has 0 saturated carbocycles. The number of benzene rings is 1. The lowest BCUT2D eigenvalue weighted by Crippen LogP contribution is -2.38. The van der Waals surface area contributed by atoms with Crippen molar-refractivity contribution in [1.29, 1.82) is 0 Å². The smallest absolute Gasteiger partial charge is 0.321 e. The van der Waals surface area contributed by atoms with Crippen LogP contribution in [0, 0.1) is 17.8 Å². The van der Waals surface area contributed by atoms with Crippen LogP contribution in [0.4, 0.5) is 0 Å². The third kappa shape index (κ3) is 12.6. The SMILES string of the molecule is CCC(C)CC(=O)Oc1ccc(C(CC(C)OC(=O)CCC(C)C)[C@H](N)C(=O)O)cc1OC(=O)CC(C)CC. The summed E-state index contributed by atoms with van der Waals surface area (Å²) in [5.74, 6) is -2.66. The highest BCUT2D eigenvalue weighted by molar-refractivity contribution is 5.77. The molecule has 0 bridgehead atoms. The molecule has 9 heteroatoms. The summed E-state index contributed by atoms with van der Waals surface area (Å²) < 4.78 is 16.7. The van der Waals surface area contributed by atoms with Crippen LogP contribution in [0.2, 0.25) is 0 Å². The molecule has 1 rings (SSSR count). The molecule has 0 spiro atoms. The molecule has 0 aliphatic heterocycles. The fourth-order valence-electron chi connectivity index (χ4n) is 3.86. The summed E-state index contributed by atoms with van der Waals surface area (Å²) in [5, 5.41) is 9.69. The summed E-state index contributed by atoms with van der Waals surface area (Å²) in [7, 11) is 0. The molecule has 39 heavy (non-hydrogen) atoms. The van der Waals surface area contributed by atoms with Gasteiger partial charge in [0.05, 0.1) is 6.10 Å². The maximum atomic E-state index is 12.6. The first-order valence-corrected chi connectivity index (χ1v) is 14.0. The second-order valence-electron chi connectivity index (χ2n) is 11.0. The number of hydrogen-bond donors (Lipinski definition) is 2. The number of carboxylic acid groups (broad SMARTS) is 1. The van der Waals surface area contributed by atoms with E-state index in [1.54, 1.807) is 13.0 Å². The maximum Gasteiger partial charge on any atom is 0.321 e. The number of aliphatic carboxylic acids is 1. The van der Waals surface area contributed by atoms with Gasteiger partial charge in [0, 0.05) is 25.2 Å². The molecule has 9 nitrogen and oxygen atoms in total. The second kappa shape index (κ2) is 16.9. The molecule has 0 radical (unpaired) electrons. The van der Waals surface area contributed by atoms with Crippen molar-refractivity contribution in [2.24, 2.45) is 23.5 Å². The average Bonchev–Trinajstić information content (AvgIpc) is 2.86. The monoisotopic (exact) mass is 549 g/mol. The highest BCUT2D eigenvalue weighted by Crippen LogP contribution is 2.35. The minimum absolute atomic E-state index is 0.0162. The van der Waals surface area contributed by atoms with Crippen LogP contribution in [0.1, 0.15) is 105 Å². The zero-order chi connectivity index (χ0) is 29.7. The third-order valence-corrected chi connectivity index (χ3v) is 6.83. The van der Waals surface area contributed by atoms with E-state index in [9.17, 15) is 24.3 Å². The van der Waals surface area contributed by atoms with Crippen molar-refractivity contribution < 1.29 is 38.5 Å². The fraction of sp³-hybridized carbons (Fsp3) is 0.667. The molecule has 0 aliphatic rings. The van der Waals surface area contributed by atoms with E-state index in [0.717, 1.165) is 12.8 Å². The van der Waals surface area contributed by atoms with Gasteiger partial charge in [0.1, 0.15) is 6.04 Å². The molecule has 220 valence electrons. The maximum absolute atomic E-state index is 12.6. The molecule has 0 aromatic heterocycles. The van der Waals surface area contributed by atoms with Crippen LogP contribution in [-0.4, -0.2) is 41.1 Å². The Kier molecular flexibility index (Phi) is 14.8. The van der Waals surface area contributed by atoms with Gasteiger partial charge in [-0.25, -0.2) is 0 Å². The van der Waals surface area contributed by atoms with Crippen molar-refractivity contribution in [2.45, 2.75) is 111 Å². The van der Waals surface area contributed by atoms with Gasteiger partial charge >= 0.3 is 23.9 Å². The van der Waals surface area contributed by atoms with Crippen LogP contribution in [0.25, 0.3) is 0 Å². The van der Waals surface area contributed by atoms with Crippen molar-refractivity contribution in [3.8, 4) is 11.5 Å². The average molecular weight is 550 g/mol. The van der Waals surface area contributed by atoms with E-state index in [1.165, 1.54) is 12.1 Å². The first-order valence-electron chi connectivity index (χ1n) is 14.0. The van der Waals surface area contributed by atoms with Crippen molar-refractivity contribution in [3.63, 3.8) is 0 Å². The van der Waals surface area contributed by atoms with Crippen LogP contribution in [0.3, 0.4) is 0 Å². The van der Waals surface area contributed by atoms with E-state index in [1.807, 2.05) is 41.5 Å². The van der Waals surface area contributed by atoms with E-state index in [4.69, 9.17) is 19.9 Å². The number of hydrogen-bond acceptors (Lipinski definition) is 8. The van der Waals surface area contributed by atoms with E-state index >= 15 is 0 Å². The Morgan fingerprint density at radius 2 is 1.38 bits per heavy atom. The van der Waals surface area contributed by atoms with Crippen molar-refractivity contribution in [3.05, 3.63) is 23.8 Å². The normalized spacial score (nSPS) is 15.1. The molecule has 0 amide bonds. The number of carbonyl (C=O) groups excluding carboxylic acids is 3. The lowest BCUT2D eigenvalue weighted by Gasteiger charge is -2.25. The molecule has 5 atom stereocenters. The fourth-order valence-corrected chi connectivity index (χ4v) is 3.86. The van der Waals surface area contributed by atoms with Crippen LogP contribution in [-0.2, 0) is 23.9 Å². The summed E-state index contributed by atoms with van der Waals surface area (Å²) in [4.78, 5) is 49.2. The Hall–Kier alpha value is -2.94. The van der Waals surface area contributed by atoms with Gasteiger partial charge in [-0.1, -0.05) is 60.5 Å². The lowest BCUT2D eigenvalue weighted by atomic mass is 9.87. The van der Waals surface area contributed by atoms with E-state index in [-0.39, 0.29) is 55.0 Å². The van der Waals surface area contributed by atoms with Gasteiger partial charge in [-0.3, -0.25) is 19.2 Å². The molecule has 0 saturated heterocycles. The lowest BCUT2D eigenvalue weighted by molar-refractivity contribution is -0.149. The molecular weight excluding hydrogens is 502 g/mol. The van der Waals surface area contributed by atoms with Crippen LogP contribution in [0.15, 0.2) is 18.2 Å². The number of carbonyl (C=O) groups is 4. The topological polar surface area (TPSA) is 142 Å². The van der Waals surface area contributed by atoms with Crippen LogP contribution >= 0.6 is 0 Å². The molecule has 0 heterocycles. The van der Waals surface area contributed by atoms with E-state index in [0.29, 0.717) is 17.9 Å². The second-order valence-corrected chi connectivity index (χ2v) is 11.0. The molecular formula is C30H47NO8. The first-order chi connectivity index (χ1) is 18.3. The quantitative estimate of drug-likeness (QED) is 0.187. The zero-order valence-electron chi connectivity index (χ0n) is 24.5. The van der Waals surface area contributed by atoms with Crippen LogP contribution < -0.4 is 15.2 Å². The Morgan fingerprint density at radius 3 is 1.87 bits per heavy atom. The van der Waals surface area contributed by atoms with Gasteiger partial charge in [-0.2, -0.15) is 0 Å². The number of ether oxygens (including phenoxy) is 3. The molecule has 4 unspecified atom stereocenters. The standard InChI is InChI=1S/C30H47NO8/c1-8-19(5)14-27(33)38-24-12-11-22(17-25(24)39-28(34)15-20(6)9-2)23(29(31)30(35)36)16-21(7)37-26(32)13-10-18(3)4/h11-12,17-21,23,29H,8-10,13-16,31H2,1-7H3,(H,35,36)/t19?,20?,21?,23?,29-/m0/s1. The zero-order valence-corrected chi connectivity index (χ0v) is 24.5. The Morgan fingerprint density at radius 1 is 0.846 bits per heavy atom. The molecule has 0 aliphatic carbocycles. The Labute approximate surface area is 232 Å². The van der Waals surface area contributed by atoms with E-state index in [2.05, 4.69) is 0 Å². The summed E-state index contributed by atoms with van der Waals surface area (Å²) in [5.41, 5.74) is 6.52. The largest absolute Gasteiger partial charge is 0.480 e. The third-order valence-electron chi connectivity index (χ3n) is 6.83. The number of carboxylic acids is 1. The molecule has 3 N–H and O–H groups in total. The first kappa shape index (κ1) is 34.1. The summed E-state index contributed by atoms with van der Waals surface area (Å²) >= 11 is 0. The van der Waals surface area contributed by atoms with Gasteiger partial charge in [0.15, 0.2) is 11.5 Å². The number of nitrogens with two attached hydrogens (primary N) is 1. The number of esters is 3. The van der Waals surface area contributed by atoms with Gasteiger partial charge < -0.3 is 25.1 Å². The van der Waals surface area contributed by atoms with Crippen molar-refractivity contribution >= 4 is 23.9 Å². The molecule has 0 fully saturated rings. The van der Waals surface area contributed by atoms with Gasteiger partial charge in [0.25, 0.3) is 0 Å². The van der Waals surface area contributed by atoms with E-state index < -0.39 is 36.0 Å². The minimum atomic E-state index is -1.32. The minimum Gasteiger partial charge on any atom is -0.480 e. The summed E-state index contributed by atoms with van der Waals surface area (Å²) in [6.45, 7) is 13.5. The van der Waals surface area contributed by atoms with Gasteiger partial charge in [0.2, 0.25) is 0 Å². The van der Waals surface area contributed by atoms with Crippen LogP contribution in [0.5, 0.6) is 11.5 Å². The highest BCUT2D eigenvalue weighted by Gasteiger charge is 2.30. The Balaban J connectivity index is 3.30. The van der Waals surface area contributed by atoms with Crippen molar-refractivity contribution in [1.82, 2.24) is 0 Å². The number of rotatable bonds is 17. The Bertz CT molecular complexity index is 960.